The van der Waals surface area contributed by atoms with Gasteiger partial charge in [-0.1, -0.05) is 27.7 Å². The zero-order valence-corrected chi connectivity index (χ0v) is 19.5. The Morgan fingerprint density at radius 2 is 1.58 bits per heavy atom. The zero-order chi connectivity index (χ0) is 22.6. The number of benzene rings is 2. The second-order valence-electron chi connectivity index (χ2n) is 8.25. The third-order valence-electron chi connectivity index (χ3n) is 6.77. The van der Waals surface area contributed by atoms with Crippen LogP contribution >= 0.6 is 12.2 Å². The molecule has 6 nitrogen and oxygen atoms in total. The number of anilines is 2. The molecule has 0 saturated heterocycles. The summed E-state index contributed by atoms with van der Waals surface area (Å²) in [6.45, 7) is 8.94. The molecule has 0 unspecified atom stereocenters. The summed E-state index contributed by atoms with van der Waals surface area (Å²) in [4.78, 5) is 10.4. The Hall–Kier alpha value is -2.67. The van der Waals surface area contributed by atoms with Gasteiger partial charge < -0.3 is 15.4 Å². The predicted octanol–water partition coefficient (Wildman–Crippen LogP) is 6.80. The molecule has 3 rings (SSSR count). The van der Waals surface area contributed by atoms with E-state index in [0.717, 1.165) is 43.5 Å². The summed E-state index contributed by atoms with van der Waals surface area (Å²) in [6.07, 6.45) is 5.11. The molecule has 1 aliphatic rings. The van der Waals surface area contributed by atoms with Gasteiger partial charge in [0.25, 0.3) is 5.69 Å². The Balaban J connectivity index is 1.82. The molecule has 2 N–H and O–H groups in total. The molecule has 0 aliphatic carbocycles. The molecule has 2 aromatic rings. The van der Waals surface area contributed by atoms with Crippen molar-refractivity contribution in [3.63, 3.8) is 0 Å². The lowest BCUT2D eigenvalue weighted by atomic mass is 9.65. The van der Waals surface area contributed by atoms with Gasteiger partial charge in [-0.15, -0.1) is 0 Å². The average molecular weight is 442 g/mol. The first-order valence-electron chi connectivity index (χ1n) is 11.0. The van der Waals surface area contributed by atoms with Crippen molar-refractivity contribution in [1.29, 1.82) is 0 Å². The summed E-state index contributed by atoms with van der Waals surface area (Å²) in [7, 11) is 0. The van der Waals surface area contributed by atoms with E-state index in [4.69, 9.17) is 17.0 Å². The summed E-state index contributed by atoms with van der Waals surface area (Å²) >= 11 is 5.46. The van der Waals surface area contributed by atoms with Gasteiger partial charge in [0.1, 0.15) is 11.4 Å². The van der Waals surface area contributed by atoms with Crippen LogP contribution in [0, 0.1) is 10.1 Å². The lowest BCUT2D eigenvalue weighted by Gasteiger charge is -2.48. The minimum atomic E-state index is -0.422. The summed E-state index contributed by atoms with van der Waals surface area (Å²) in [5, 5.41) is 17.6. The second kappa shape index (κ2) is 9.22. The van der Waals surface area contributed by atoms with Gasteiger partial charge >= 0.3 is 0 Å². The van der Waals surface area contributed by atoms with Crippen LogP contribution in [0.2, 0.25) is 0 Å². The highest BCUT2D eigenvalue weighted by Crippen LogP contribution is 2.51. The second-order valence-corrected chi connectivity index (χ2v) is 8.66. The maximum absolute atomic E-state index is 10.8. The van der Waals surface area contributed by atoms with Crippen molar-refractivity contribution < 1.29 is 9.66 Å². The summed E-state index contributed by atoms with van der Waals surface area (Å²) in [5.41, 5.74) is 2.83. The highest BCUT2D eigenvalue weighted by atomic mass is 32.1. The fourth-order valence-corrected chi connectivity index (χ4v) is 4.81. The van der Waals surface area contributed by atoms with Crippen molar-refractivity contribution in [2.24, 2.45) is 0 Å². The van der Waals surface area contributed by atoms with Crippen molar-refractivity contribution >= 4 is 34.4 Å². The molecule has 2 aromatic carbocycles. The van der Waals surface area contributed by atoms with Crippen LogP contribution in [0.4, 0.5) is 17.1 Å². The number of ether oxygens (including phenoxy) is 1. The molecule has 0 fully saturated rings. The normalized spacial score (nSPS) is 16.0. The van der Waals surface area contributed by atoms with Gasteiger partial charge in [-0.2, -0.15) is 0 Å². The van der Waals surface area contributed by atoms with E-state index < -0.39 is 4.92 Å². The maximum atomic E-state index is 10.8. The van der Waals surface area contributed by atoms with Crippen LogP contribution in [0.25, 0.3) is 0 Å². The van der Waals surface area contributed by atoms with Crippen LogP contribution in [-0.4, -0.2) is 15.6 Å². The number of nitrogens with one attached hydrogen (secondary N) is 2. The first-order valence-corrected chi connectivity index (χ1v) is 11.4. The number of nitro benzene ring substituents is 1. The molecular formula is C24H31N3O3S. The minimum absolute atomic E-state index is 0.0461. The number of rotatable bonds is 7. The third-order valence-corrected chi connectivity index (χ3v) is 6.98. The van der Waals surface area contributed by atoms with Gasteiger partial charge in [0.05, 0.1) is 4.92 Å². The van der Waals surface area contributed by atoms with E-state index in [1.807, 2.05) is 12.1 Å². The van der Waals surface area contributed by atoms with Crippen molar-refractivity contribution in [2.45, 2.75) is 70.8 Å². The molecule has 1 heterocycles. The van der Waals surface area contributed by atoms with Crippen molar-refractivity contribution in [2.75, 3.05) is 10.6 Å². The predicted molar refractivity (Wildman–Crippen MR) is 130 cm³/mol. The fourth-order valence-electron chi connectivity index (χ4n) is 4.58. The Labute approximate surface area is 189 Å². The van der Waals surface area contributed by atoms with Crippen LogP contribution in [0.15, 0.2) is 42.5 Å². The van der Waals surface area contributed by atoms with Crippen molar-refractivity contribution in [1.82, 2.24) is 0 Å². The lowest BCUT2D eigenvalue weighted by Crippen LogP contribution is -2.47. The molecule has 0 amide bonds. The molecule has 1 aliphatic heterocycles. The first-order chi connectivity index (χ1) is 14.8. The number of non-ortho nitro benzene ring substituents is 1. The van der Waals surface area contributed by atoms with E-state index in [1.54, 1.807) is 12.1 Å². The smallest absolute Gasteiger partial charge is 0.269 e. The number of hydrogen-bond donors (Lipinski definition) is 2. The van der Waals surface area contributed by atoms with Crippen LogP contribution in [0.3, 0.4) is 0 Å². The summed E-state index contributed by atoms with van der Waals surface area (Å²) in [5.74, 6) is 0.971. The first kappa shape index (κ1) is 23.0. The third kappa shape index (κ3) is 4.66. The molecule has 0 bridgehead atoms. The lowest BCUT2D eigenvalue weighted by molar-refractivity contribution is -0.384. The van der Waals surface area contributed by atoms with E-state index in [0.29, 0.717) is 10.8 Å². The van der Waals surface area contributed by atoms with Gasteiger partial charge in [0.2, 0.25) is 0 Å². The van der Waals surface area contributed by atoms with Crippen molar-refractivity contribution in [3.8, 4) is 5.75 Å². The van der Waals surface area contributed by atoms with E-state index in [9.17, 15) is 10.1 Å². The van der Waals surface area contributed by atoms with Crippen LogP contribution in [0.5, 0.6) is 5.75 Å². The molecular weight excluding hydrogens is 410 g/mol. The number of hydrogen-bond acceptors (Lipinski definition) is 4. The van der Waals surface area contributed by atoms with Gasteiger partial charge in [0.15, 0.2) is 5.11 Å². The van der Waals surface area contributed by atoms with Crippen LogP contribution < -0.4 is 15.4 Å². The van der Waals surface area contributed by atoms with E-state index in [-0.39, 0.29) is 16.7 Å². The highest BCUT2D eigenvalue weighted by molar-refractivity contribution is 7.80. The molecule has 0 radical (unpaired) electrons. The molecule has 0 saturated carbocycles. The highest BCUT2D eigenvalue weighted by Gasteiger charge is 2.46. The van der Waals surface area contributed by atoms with Crippen LogP contribution in [-0.2, 0) is 5.41 Å². The summed E-state index contributed by atoms with van der Waals surface area (Å²) in [6, 6.07) is 12.4. The van der Waals surface area contributed by atoms with Crippen LogP contribution in [0.1, 0.15) is 65.4 Å². The van der Waals surface area contributed by atoms with Gasteiger partial charge in [-0.3, -0.25) is 10.1 Å². The van der Waals surface area contributed by atoms with Crippen molar-refractivity contribution in [3.05, 3.63) is 58.1 Å². The average Bonchev–Trinajstić information content (AvgIpc) is 2.78. The topological polar surface area (TPSA) is 76.4 Å². The number of nitrogens with zero attached hydrogens (tertiary/aromatic N) is 1. The standard InChI is InChI=1S/C24H31N3O3S/c1-5-23(6-2)16-24(7-3,8-4)30-21-14-11-18(15-20(21)23)26-22(31)25-17-9-12-19(13-10-17)27(28)29/h9-15H,5-8,16H2,1-4H3,(H2,25,26,31). The molecule has 0 aromatic heterocycles. The number of nitro groups is 1. The summed E-state index contributed by atoms with van der Waals surface area (Å²) < 4.78 is 6.53. The minimum Gasteiger partial charge on any atom is -0.487 e. The fraction of sp³-hybridized carbons (Fsp3) is 0.458. The number of fused-ring (bicyclic) bond motifs is 1. The van der Waals surface area contributed by atoms with Gasteiger partial charge in [0, 0.05) is 34.5 Å². The maximum Gasteiger partial charge on any atom is 0.269 e. The van der Waals surface area contributed by atoms with Gasteiger partial charge in [-0.25, -0.2) is 0 Å². The van der Waals surface area contributed by atoms with E-state index >= 15 is 0 Å². The molecule has 31 heavy (non-hydrogen) atoms. The molecule has 0 spiro atoms. The molecule has 166 valence electrons. The Morgan fingerprint density at radius 1 is 1.00 bits per heavy atom. The Bertz CT molecular complexity index is 951. The Kier molecular flexibility index (Phi) is 6.84. The zero-order valence-electron chi connectivity index (χ0n) is 18.7. The van der Waals surface area contributed by atoms with E-state index in [2.05, 4.69) is 44.4 Å². The SMILES string of the molecule is CCC1(CC)CC(CC)(CC)c2cc(NC(=S)Nc3ccc([N+](=O)[O-])cc3)ccc2O1. The molecule has 7 heteroatoms. The van der Waals surface area contributed by atoms with E-state index in [1.165, 1.54) is 17.7 Å². The largest absolute Gasteiger partial charge is 0.487 e. The number of thiocarbonyl (C=S) groups is 1. The monoisotopic (exact) mass is 441 g/mol. The Morgan fingerprint density at radius 3 is 2.13 bits per heavy atom. The quantitative estimate of drug-likeness (QED) is 0.279. The molecule has 0 atom stereocenters. The van der Waals surface area contributed by atoms with Gasteiger partial charge in [-0.05, 0) is 74.7 Å².